The number of halogens is 1. The molecule has 1 N–H and O–H groups in total. The Labute approximate surface area is 112 Å². The number of hydrogen-bond acceptors (Lipinski definition) is 4. The summed E-state index contributed by atoms with van der Waals surface area (Å²) in [5, 5.41) is 10.6. The quantitative estimate of drug-likeness (QED) is 0.833. The Morgan fingerprint density at radius 2 is 1.83 bits per heavy atom. The summed E-state index contributed by atoms with van der Waals surface area (Å²) in [6.45, 7) is 7.53. The average Bonchev–Trinajstić information content (AvgIpc) is 2.38. The van der Waals surface area contributed by atoms with E-state index < -0.39 is 5.41 Å². The smallest absolute Gasteiger partial charge is 0.249 e. The zero-order chi connectivity index (χ0) is 13.8. The molecule has 0 aliphatic heterocycles. The van der Waals surface area contributed by atoms with Crippen molar-refractivity contribution in [3.63, 3.8) is 0 Å². The van der Waals surface area contributed by atoms with Crippen LogP contribution in [0.2, 0.25) is 0 Å². The van der Waals surface area contributed by atoms with Gasteiger partial charge in [0.05, 0.1) is 16.8 Å². The number of aryl methyl sites for hydroxylation is 2. The van der Waals surface area contributed by atoms with Crippen LogP contribution in [-0.2, 0) is 17.6 Å². The van der Waals surface area contributed by atoms with Gasteiger partial charge in [0.25, 0.3) is 0 Å². The standard InChI is InChI=1S/C12H19ClN4O/c1-5-8-9(6-2)16-17-11(14-8)15-10(18)12(3,4)7-13/h5-7H2,1-4H3,(H,14,15,17,18). The molecule has 0 saturated carbocycles. The van der Waals surface area contributed by atoms with Gasteiger partial charge < -0.3 is 0 Å². The van der Waals surface area contributed by atoms with Crippen LogP contribution in [0.25, 0.3) is 0 Å². The lowest BCUT2D eigenvalue weighted by Crippen LogP contribution is -2.33. The van der Waals surface area contributed by atoms with Crippen LogP contribution < -0.4 is 5.32 Å². The topological polar surface area (TPSA) is 67.8 Å². The molecule has 0 radical (unpaired) electrons. The molecule has 0 unspecified atom stereocenters. The molecule has 1 rings (SSSR count). The Morgan fingerprint density at radius 3 is 2.33 bits per heavy atom. The van der Waals surface area contributed by atoms with Gasteiger partial charge in [0.15, 0.2) is 0 Å². The van der Waals surface area contributed by atoms with Crippen LogP contribution in [0, 0.1) is 5.41 Å². The third kappa shape index (κ3) is 3.38. The van der Waals surface area contributed by atoms with Crippen molar-refractivity contribution in [3.8, 4) is 0 Å². The van der Waals surface area contributed by atoms with Gasteiger partial charge >= 0.3 is 0 Å². The Morgan fingerprint density at radius 1 is 1.22 bits per heavy atom. The van der Waals surface area contributed by atoms with E-state index >= 15 is 0 Å². The molecule has 1 aromatic rings. The summed E-state index contributed by atoms with van der Waals surface area (Å²) in [6, 6.07) is 0. The molecular weight excluding hydrogens is 252 g/mol. The lowest BCUT2D eigenvalue weighted by molar-refractivity contribution is -0.123. The number of carbonyl (C=O) groups excluding carboxylic acids is 1. The summed E-state index contributed by atoms with van der Waals surface area (Å²) in [7, 11) is 0. The maximum Gasteiger partial charge on any atom is 0.249 e. The molecule has 100 valence electrons. The van der Waals surface area contributed by atoms with E-state index in [-0.39, 0.29) is 17.7 Å². The van der Waals surface area contributed by atoms with Gasteiger partial charge in [-0.15, -0.1) is 21.8 Å². The van der Waals surface area contributed by atoms with Crippen LogP contribution in [0.3, 0.4) is 0 Å². The van der Waals surface area contributed by atoms with E-state index in [4.69, 9.17) is 11.6 Å². The minimum atomic E-state index is -0.652. The molecule has 0 aromatic carbocycles. The molecule has 1 amide bonds. The van der Waals surface area contributed by atoms with Crippen molar-refractivity contribution < 1.29 is 4.79 Å². The normalized spacial score (nSPS) is 11.4. The number of alkyl halides is 1. The van der Waals surface area contributed by atoms with E-state index in [9.17, 15) is 4.79 Å². The molecule has 1 aromatic heterocycles. The number of anilines is 1. The number of nitrogens with zero attached hydrogens (tertiary/aromatic N) is 3. The van der Waals surface area contributed by atoms with Crippen molar-refractivity contribution in [3.05, 3.63) is 11.4 Å². The van der Waals surface area contributed by atoms with E-state index in [1.165, 1.54) is 0 Å². The first kappa shape index (κ1) is 14.8. The summed E-state index contributed by atoms with van der Waals surface area (Å²) in [5.74, 6) is 0.276. The van der Waals surface area contributed by atoms with Crippen molar-refractivity contribution in [2.75, 3.05) is 11.2 Å². The molecule has 5 nitrogen and oxygen atoms in total. The molecule has 1 heterocycles. The fraction of sp³-hybridized carbons (Fsp3) is 0.667. The van der Waals surface area contributed by atoms with Gasteiger partial charge in [0.2, 0.25) is 11.9 Å². The number of aromatic nitrogens is 3. The second kappa shape index (κ2) is 6.09. The Balaban J connectivity index is 2.89. The molecule has 0 aliphatic carbocycles. The lowest BCUT2D eigenvalue weighted by atomic mass is 9.95. The lowest BCUT2D eigenvalue weighted by Gasteiger charge is -2.19. The van der Waals surface area contributed by atoms with Crippen molar-refractivity contribution in [1.82, 2.24) is 15.2 Å². The molecule has 6 heteroatoms. The molecule has 0 aliphatic rings. The minimum absolute atomic E-state index is 0.203. The summed E-state index contributed by atoms with van der Waals surface area (Å²) in [6.07, 6.45) is 1.55. The Hall–Kier alpha value is -1.23. The van der Waals surface area contributed by atoms with Gasteiger partial charge in [-0.05, 0) is 26.7 Å². The van der Waals surface area contributed by atoms with Gasteiger partial charge in [0, 0.05) is 5.88 Å². The van der Waals surface area contributed by atoms with Gasteiger partial charge in [-0.3, -0.25) is 10.1 Å². The number of nitrogens with one attached hydrogen (secondary N) is 1. The number of rotatable bonds is 5. The maximum atomic E-state index is 11.9. The van der Waals surface area contributed by atoms with E-state index in [0.29, 0.717) is 0 Å². The average molecular weight is 271 g/mol. The van der Waals surface area contributed by atoms with Crippen LogP contribution in [0.4, 0.5) is 5.95 Å². The first-order chi connectivity index (χ1) is 8.44. The number of amides is 1. The minimum Gasteiger partial charge on any atom is -0.293 e. The van der Waals surface area contributed by atoms with E-state index in [0.717, 1.165) is 24.2 Å². The van der Waals surface area contributed by atoms with E-state index in [1.807, 2.05) is 13.8 Å². The fourth-order valence-corrected chi connectivity index (χ4v) is 1.44. The summed E-state index contributed by atoms with van der Waals surface area (Å²) in [5.41, 5.74) is 1.08. The monoisotopic (exact) mass is 270 g/mol. The molecule has 0 bridgehead atoms. The Kier molecular flexibility index (Phi) is 5.02. The van der Waals surface area contributed by atoms with Crippen LogP contribution in [0.5, 0.6) is 0 Å². The van der Waals surface area contributed by atoms with Crippen LogP contribution in [0.15, 0.2) is 0 Å². The first-order valence-electron chi connectivity index (χ1n) is 6.04. The van der Waals surface area contributed by atoms with Crippen molar-refractivity contribution in [1.29, 1.82) is 0 Å². The molecule has 0 saturated heterocycles. The molecule has 0 spiro atoms. The number of hydrogen-bond donors (Lipinski definition) is 1. The second-order valence-electron chi connectivity index (χ2n) is 4.71. The zero-order valence-electron chi connectivity index (χ0n) is 11.2. The SMILES string of the molecule is CCc1nnc(NC(=O)C(C)(C)CCl)nc1CC. The second-order valence-corrected chi connectivity index (χ2v) is 4.97. The molecule has 18 heavy (non-hydrogen) atoms. The van der Waals surface area contributed by atoms with Crippen molar-refractivity contribution in [2.24, 2.45) is 5.41 Å². The predicted octanol–water partition coefficient (Wildman–Crippen LogP) is 2.20. The highest BCUT2D eigenvalue weighted by Crippen LogP contribution is 2.19. The molecule has 0 fully saturated rings. The highest BCUT2D eigenvalue weighted by Gasteiger charge is 2.27. The summed E-state index contributed by atoms with van der Waals surface area (Å²) >= 11 is 5.74. The molecule has 0 atom stereocenters. The summed E-state index contributed by atoms with van der Waals surface area (Å²) < 4.78 is 0. The van der Waals surface area contributed by atoms with Crippen LogP contribution in [0.1, 0.15) is 39.1 Å². The molecular formula is C12H19ClN4O. The highest BCUT2D eigenvalue weighted by atomic mass is 35.5. The van der Waals surface area contributed by atoms with Crippen molar-refractivity contribution >= 4 is 23.5 Å². The van der Waals surface area contributed by atoms with Crippen molar-refractivity contribution in [2.45, 2.75) is 40.5 Å². The summed E-state index contributed by atoms with van der Waals surface area (Å²) in [4.78, 5) is 16.2. The van der Waals surface area contributed by atoms with Gasteiger partial charge in [-0.2, -0.15) is 0 Å². The van der Waals surface area contributed by atoms with Gasteiger partial charge in [-0.1, -0.05) is 13.8 Å². The fourth-order valence-electron chi connectivity index (χ4n) is 1.32. The van der Waals surface area contributed by atoms with Crippen LogP contribution >= 0.6 is 11.6 Å². The highest BCUT2D eigenvalue weighted by molar-refractivity contribution is 6.20. The third-order valence-corrected chi connectivity index (χ3v) is 3.35. The van der Waals surface area contributed by atoms with Gasteiger partial charge in [-0.25, -0.2) is 4.98 Å². The zero-order valence-corrected chi connectivity index (χ0v) is 12.0. The Bertz CT molecular complexity index is 434. The predicted molar refractivity (Wildman–Crippen MR) is 71.7 cm³/mol. The van der Waals surface area contributed by atoms with E-state index in [2.05, 4.69) is 20.5 Å². The third-order valence-electron chi connectivity index (χ3n) is 2.68. The van der Waals surface area contributed by atoms with Gasteiger partial charge in [0.1, 0.15) is 0 Å². The largest absolute Gasteiger partial charge is 0.293 e. The van der Waals surface area contributed by atoms with Crippen LogP contribution in [-0.4, -0.2) is 27.0 Å². The van der Waals surface area contributed by atoms with E-state index in [1.54, 1.807) is 13.8 Å². The maximum absolute atomic E-state index is 11.9. The number of carbonyl (C=O) groups is 1. The first-order valence-corrected chi connectivity index (χ1v) is 6.58.